The van der Waals surface area contributed by atoms with Crippen LogP contribution in [0.25, 0.3) is 10.8 Å². The van der Waals surface area contributed by atoms with Crippen molar-refractivity contribution < 1.29 is 14.3 Å². The molecule has 0 fully saturated rings. The Bertz CT molecular complexity index is 1210. The van der Waals surface area contributed by atoms with Crippen molar-refractivity contribution in [3.63, 3.8) is 0 Å². The number of hydrogen-bond donors (Lipinski definition) is 1. The van der Waals surface area contributed by atoms with Gasteiger partial charge in [-0.3, -0.25) is 9.59 Å². The summed E-state index contributed by atoms with van der Waals surface area (Å²) in [4.78, 5) is 24.8. The number of carbonyl (C=O) groups excluding carboxylic acids is 1. The molecule has 3 aromatic rings. The number of hydrazone groups is 1. The number of terminal acetylenes is 1. The molecule has 3 rings (SSSR count). The van der Waals surface area contributed by atoms with Gasteiger partial charge in [0.15, 0.2) is 17.2 Å². The van der Waals surface area contributed by atoms with Crippen LogP contribution in [0, 0.1) is 12.3 Å². The van der Waals surface area contributed by atoms with Gasteiger partial charge < -0.3 is 9.47 Å². The zero-order valence-electron chi connectivity index (χ0n) is 16.6. The lowest BCUT2D eigenvalue weighted by Crippen LogP contribution is -2.27. The molecule has 152 valence electrons. The third-order valence-corrected chi connectivity index (χ3v) is 4.13. The molecule has 1 N–H and O–H groups in total. The number of carbonyl (C=O) groups is 1. The van der Waals surface area contributed by atoms with Crippen molar-refractivity contribution in [1.29, 1.82) is 0 Å². The summed E-state index contributed by atoms with van der Waals surface area (Å²) in [7, 11) is 1.49. The fourth-order valence-corrected chi connectivity index (χ4v) is 2.80. The van der Waals surface area contributed by atoms with Crippen LogP contribution >= 0.6 is 0 Å². The zero-order valence-corrected chi connectivity index (χ0v) is 16.6. The van der Waals surface area contributed by atoms with Crippen LogP contribution in [0.3, 0.4) is 0 Å². The normalized spacial score (nSPS) is 10.7. The number of benzene rings is 2. The molecule has 1 amide bonds. The van der Waals surface area contributed by atoms with E-state index in [9.17, 15) is 9.59 Å². The minimum atomic E-state index is -0.531. The first kappa shape index (κ1) is 20.6. The van der Waals surface area contributed by atoms with E-state index in [0.717, 1.165) is 4.68 Å². The molecule has 0 atom stereocenters. The van der Waals surface area contributed by atoms with Crippen molar-refractivity contribution >= 4 is 22.9 Å². The molecule has 0 aliphatic heterocycles. The molecule has 0 saturated heterocycles. The standard InChI is InChI=1S/C22H20N4O4/c1-4-12-30-18-11-10-15(13-19(18)29-5-2)14-23-24-21(27)20-16-8-6-7-9-17(16)22(28)26(3)25-20/h1,6-11,13-14H,5,12H2,2-3H3,(H,24,27)/b23-14-. The van der Waals surface area contributed by atoms with Gasteiger partial charge in [-0.05, 0) is 36.8 Å². The highest BCUT2D eigenvalue weighted by molar-refractivity contribution is 6.04. The Kier molecular flexibility index (Phi) is 6.45. The minimum absolute atomic E-state index is 0.109. The van der Waals surface area contributed by atoms with Crippen LogP contribution in [0.5, 0.6) is 11.5 Å². The molecule has 0 radical (unpaired) electrons. The van der Waals surface area contributed by atoms with E-state index in [-0.39, 0.29) is 17.9 Å². The summed E-state index contributed by atoms with van der Waals surface area (Å²) in [5.74, 6) is 2.92. The second-order valence-electron chi connectivity index (χ2n) is 6.15. The van der Waals surface area contributed by atoms with Crippen LogP contribution in [-0.4, -0.2) is 35.1 Å². The molecule has 8 nitrogen and oxygen atoms in total. The largest absolute Gasteiger partial charge is 0.490 e. The van der Waals surface area contributed by atoms with E-state index >= 15 is 0 Å². The molecule has 0 bridgehead atoms. The maximum atomic E-state index is 12.6. The summed E-state index contributed by atoms with van der Waals surface area (Å²) in [5.41, 5.74) is 2.96. The van der Waals surface area contributed by atoms with Crippen molar-refractivity contribution in [3.8, 4) is 23.8 Å². The van der Waals surface area contributed by atoms with Crippen LogP contribution in [0.2, 0.25) is 0 Å². The van der Waals surface area contributed by atoms with Crippen molar-refractivity contribution in [2.75, 3.05) is 13.2 Å². The highest BCUT2D eigenvalue weighted by Crippen LogP contribution is 2.28. The third kappa shape index (κ3) is 4.47. The first-order chi connectivity index (χ1) is 14.5. The summed E-state index contributed by atoms with van der Waals surface area (Å²) in [5, 5.41) is 8.93. The van der Waals surface area contributed by atoms with E-state index in [0.29, 0.717) is 34.4 Å². The lowest BCUT2D eigenvalue weighted by atomic mass is 10.1. The fourth-order valence-electron chi connectivity index (χ4n) is 2.80. The molecule has 1 heterocycles. The summed E-state index contributed by atoms with van der Waals surface area (Å²) >= 11 is 0. The summed E-state index contributed by atoms with van der Waals surface area (Å²) < 4.78 is 12.1. The molecular weight excluding hydrogens is 384 g/mol. The van der Waals surface area contributed by atoms with Gasteiger partial charge in [0, 0.05) is 12.4 Å². The number of nitrogens with zero attached hydrogens (tertiary/aromatic N) is 3. The smallest absolute Gasteiger partial charge is 0.292 e. The molecule has 8 heteroatoms. The average Bonchev–Trinajstić information content (AvgIpc) is 2.76. The molecule has 2 aromatic carbocycles. The van der Waals surface area contributed by atoms with E-state index in [1.807, 2.05) is 6.92 Å². The average molecular weight is 404 g/mol. The Labute approximate surface area is 173 Å². The summed E-state index contributed by atoms with van der Waals surface area (Å²) in [6.07, 6.45) is 6.69. The number of aryl methyl sites for hydroxylation is 1. The molecule has 0 aliphatic carbocycles. The lowest BCUT2D eigenvalue weighted by Gasteiger charge is -2.10. The number of amides is 1. The Hall–Kier alpha value is -4.12. The van der Waals surface area contributed by atoms with Crippen LogP contribution in [-0.2, 0) is 7.05 Å². The Morgan fingerprint density at radius 3 is 2.73 bits per heavy atom. The van der Waals surface area contributed by atoms with Gasteiger partial charge in [0.05, 0.1) is 18.2 Å². The number of rotatable bonds is 7. The number of hydrogen-bond acceptors (Lipinski definition) is 6. The number of aromatic nitrogens is 2. The molecular formula is C22H20N4O4. The van der Waals surface area contributed by atoms with Gasteiger partial charge in [0.1, 0.15) is 6.61 Å². The predicted molar refractivity (Wildman–Crippen MR) is 114 cm³/mol. The maximum Gasteiger partial charge on any atom is 0.292 e. The van der Waals surface area contributed by atoms with Crippen molar-refractivity contribution in [1.82, 2.24) is 15.2 Å². The molecule has 0 aliphatic rings. The quantitative estimate of drug-likeness (QED) is 0.370. The maximum absolute atomic E-state index is 12.6. The van der Waals surface area contributed by atoms with Crippen LogP contribution in [0.4, 0.5) is 0 Å². The van der Waals surface area contributed by atoms with Gasteiger partial charge in [-0.25, -0.2) is 10.1 Å². The van der Waals surface area contributed by atoms with Crippen LogP contribution < -0.4 is 20.5 Å². The number of nitrogens with one attached hydrogen (secondary N) is 1. The second-order valence-corrected chi connectivity index (χ2v) is 6.15. The van der Waals surface area contributed by atoms with Crippen LogP contribution in [0.15, 0.2) is 52.4 Å². The molecule has 0 spiro atoms. The van der Waals surface area contributed by atoms with Gasteiger partial charge >= 0.3 is 0 Å². The van der Waals surface area contributed by atoms with Gasteiger partial charge in [0.2, 0.25) is 0 Å². The lowest BCUT2D eigenvalue weighted by molar-refractivity contribution is 0.0950. The van der Waals surface area contributed by atoms with Crippen LogP contribution in [0.1, 0.15) is 23.0 Å². The Morgan fingerprint density at radius 2 is 2.00 bits per heavy atom. The Morgan fingerprint density at radius 1 is 1.23 bits per heavy atom. The topological polar surface area (TPSA) is 94.8 Å². The zero-order chi connectivity index (χ0) is 21.5. The van der Waals surface area contributed by atoms with E-state index < -0.39 is 5.91 Å². The first-order valence-electron chi connectivity index (χ1n) is 9.17. The first-order valence-corrected chi connectivity index (χ1v) is 9.17. The van der Waals surface area contributed by atoms with E-state index in [2.05, 4.69) is 21.5 Å². The van der Waals surface area contributed by atoms with E-state index in [4.69, 9.17) is 15.9 Å². The number of fused-ring (bicyclic) bond motifs is 1. The summed E-state index contributed by atoms with van der Waals surface area (Å²) in [6, 6.07) is 12.0. The van der Waals surface area contributed by atoms with E-state index in [1.165, 1.54) is 13.3 Å². The highest BCUT2D eigenvalue weighted by atomic mass is 16.5. The predicted octanol–water partition coefficient (Wildman–Crippen LogP) is 2.11. The molecule has 0 saturated carbocycles. The SMILES string of the molecule is C#CCOc1ccc(/C=N\NC(=O)c2nn(C)c(=O)c3ccccc23)cc1OCC. The van der Waals surface area contributed by atoms with Gasteiger partial charge in [-0.2, -0.15) is 10.2 Å². The van der Waals surface area contributed by atoms with Gasteiger partial charge in [0.25, 0.3) is 11.5 Å². The summed E-state index contributed by atoms with van der Waals surface area (Å²) in [6.45, 7) is 2.44. The molecule has 30 heavy (non-hydrogen) atoms. The highest BCUT2D eigenvalue weighted by Gasteiger charge is 2.15. The van der Waals surface area contributed by atoms with Crippen molar-refractivity contribution in [2.24, 2.45) is 12.1 Å². The Balaban J connectivity index is 1.81. The minimum Gasteiger partial charge on any atom is -0.490 e. The second kappa shape index (κ2) is 9.39. The fraction of sp³-hybridized carbons (Fsp3) is 0.182. The number of ether oxygens (including phenoxy) is 2. The monoisotopic (exact) mass is 404 g/mol. The van der Waals surface area contributed by atoms with Gasteiger partial charge in [-0.1, -0.05) is 24.1 Å². The van der Waals surface area contributed by atoms with Crippen molar-refractivity contribution in [2.45, 2.75) is 6.92 Å². The van der Waals surface area contributed by atoms with E-state index in [1.54, 1.807) is 42.5 Å². The van der Waals surface area contributed by atoms with Gasteiger partial charge in [-0.15, -0.1) is 6.42 Å². The van der Waals surface area contributed by atoms with Crippen molar-refractivity contribution in [3.05, 3.63) is 64.1 Å². The molecule has 0 unspecified atom stereocenters. The third-order valence-electron chi connectivity index (χ3n) is 4.13. The molecule has 1 aromatic heterocycles.